The summed E-state index contributed by atoms with van der Waals surface area (Å²) in [6, 6.07) is 0. The molecule has 0 heterocycles. The van der Waals surface area contributed by atoms with Crippen molar-refractivity contribution in [3.8, 4) is 0 Å². The minimum Gasteiger partial charge on any atom is -0.300 e. The van der Waals surface area contributed by atoms with Crippen molar-refractivity contribution in [2.45, 2.75) is 34.6 Å². The number of hydrogen-bond donors (Lipinski definition) is 0. The van der Waals surface area contributed by atoms with Gasteiger partial charge >= 0.3 is 0 Å². The van der Waals surface area contributed by atoms with Crippen LogP contribution >= 0.6 is 0 Å². The average molecular weight is 142 g/mol. The molecule has 0 fully saturated rings. The zero-order valence-corrected chi connectivity index (χ0v) is 7.64. The summed E-state index contributed by atoms with van der Waals surface area (Å²) in [5.41, 5.74) is 0. The molecule has 2 atom stereocenters. The summed E-state index contributed by atoms with van der Waals surface area (Å²) in [5, 5.41) is 0. The lowest BCUT2D eigenvalue weighted by molar-refractivity contribution is -0.122. The lowest BCUT2D eigenvalue weighted by Crippen LogP contribution is -2.20. The maximum Gasteiger partial charge on any atom is 0.132 e. The van der Waals surface area contributed by atoms with Gasteiger partial charge in [0.15, 0.2) is 0 Å². The molecule has 1 heteroatoms. The molecule has 0 N–H and O–H groups in total. The highest BCUT2D eigenvalue weighted by Crippen LogP contribution is 2.20. The molecule has 0 bridgehead atoms. The Bertz CT molecular complexity index is 116. The van der Waals surface area contributed by atoms with Crippen molar-refractivity contribution in [3.05, 3.63) is 0 Å². The van der Waals surface area contributed by atoms with Gasteiger partial charge in [0.25, 0.3) is 0 Å². The summed E-state index contributed by atoms with van der Waals surface area (Å²) in [4.78, 5) is 10.9. The minimum atomic E-state index is 0.222. The van der Waals surface area contributed by atoms with Crippen LogP contribution in [0.4, 0.5) is 0 Å². The van der Waals surface area contributed by atoms with Crippen molar-refractivity contribution in [1.29, 1.82) is 0 Å². The second-order valence-electron chi connectivity index (χ2n) is 3.50. The standard InChI is InChI=1S/C9H18O/c1-6(2)7(3)8(4)9(5)10/h6-8H,1-5H3/t7-,8-/m0/s1. The summed E-state index contributed by atoms with van der Waals surface area (Å²) in [5.74, 6) is 1.65. The van der Waals surface area contributed by atoms with E-state index in [4.69, 9.17) is 0 Å². The molecule has 0 aromatic carbocycles. The first-order chi connectivity index (χ1) is 4.46. The second kappa shape index (κ2) is 3.75. The van der Waals surface area contributed by atoms with Crippen molar-refractivity contribution in [1.82, 2.24) is 0 Å². The summed E-state index contributed by atoms with van der Waals surface area (Å²) in [6.45, 7) is 10.1. The normalized spacial score (nSPS) is 17.0. The van der Waals surface area contributed by atoms with E-state index in [9.17, 15) is 4.79 Å². The molecule has 0 rings (SSSR count). The Labute approximate surface area is 63.8 Å². The van der Waals surface area contributed by atoms with Crippen LogP contribution in [0.2, 0.25) is 0 Å². The van der Waals surface area contributed by atoms with Crippen LogP contribution in [0.25, 0.3) is 0 Å². The van der Waals surface area contributed by atoms with Crippen molar-refractivity contribution >= 4 is 5.78 Å². The first-order valence-electron chi connectivity index (χ1n) is 3.97. The summed E-state index contributed by atoms with van der Waals surface area (Å²) < 4.78 is 0. The Hall–Kier alpha value is -0.330. The molecule has 0 aromatic heterocycles. The number of rotatable bonds is 3. The van der Waals surface area contributed by atoms with Gasteiger partial charge in [0.1, 0.15) is 5.78 Å². The van der Waals surface area contributed by atoms with Gasteiger partial charge in [0, 0.05) is 5.92 Å². The fourth-order valence-electron chi connectivity index (χ4n) is 0.948. The Kier molecular flexibility index (Phi) is 3.62. The van der Waals surface area contributed by atoms with Gasteiger partial charge in [-0.1, -0.05) is 27.7 Å². The van der Waals surface area contributed by atoms with Crippen molar-refractivity contribution < 1.29 is 4.79 Å². The van der Waals surface area contributed by atoms with Gasteiger partial charge < -0.3 is 0 Å². The molecule has 0 aromatic rings. The van der Waals surface area contributed by atoms with E-state index < -0.39 is 0 Å². The van der Waals surface area contributed by atoms with Gasteiger partial charge in [-0.15, -0.1) is 0 Å². The SMILES string of the molecule is CC(=O)[C@@H](C)[C@@H](C)C(C)C. The van der Waals surface area contributed by atoms with Crippen LogP contribution in [0.1, 0.15) is 34.6 Å². The molecule has 1 nitrogen and oxygen atoms in total. The molecule has 0 unspecified atom stereocenters. The first-order valence-corrected chi connectivity index (χ1v) is 3.97. The van der Waals surface area contributed by atoms with E-state index in [1.54, 1.807) is 6.92 Å². The molecule has 0 aliphatic rings. The summed E-state index contributed by atoms with van der Waals surface area (Å²) in [6.07, 6.45) is 0. The van der Waals surface area contributed by atoms with E-state index in [2.05, 4.69) is 20.8 Å². The predicted octanol–water partition coefficient (Wildman–Crippen LogP) is 2.50. The number of ketones is 1. The first kappa shape index (κ1) is 9.67. The van der Waals surface area contributed by atoms with Crippen molar-refractivity contribution in [2.75, 3.05) is 0 Å². The summed E-state index contributed by atoms with van der Waals surface area (Å²) >= 11 is 0. The van der Waals surface area contributed by atoms with Gasteiger partial charge in [0.2, 0.25) is 0 Å². The van der Waals surface area contributed by atoms with E-state index in [0.29, 0.717) is 17.6 Å². The molecule has 0 aliphatic carbocycles. The van der Waals surface area contributed by atoms with E-state index >= 15 is 0 Å². The molecular weight excluding hydrogens is 124 g/mol. The lowest BCUT2D eigenvalue weighted by Gasteiger charge is -2.20. The van der Waals surface area contributed by atoms with Crippen molar-refractivity contribution in [2.24, 2.45) is 17.8 Å². The lowest BCUT2D eigenvalue weighted by atomic mass is 9.84. The van der Waals surface area contributed by atoms with Crippen LogP contribution in [-0.2, 0) is 4.79 Å². The highest BCUT2D eigenvalue weighted by molar-refractivity contribution is 5.78. The number of carbonyl (C=O) groups excluding carboxylic acids is 1. The summed E-state index contributed by atoms with van der Waals surface area (Å²) in [7, 11) is 0. The third kappa shape index (κ3) is 2.51. The fraction of sp³-hybridized carbons (Fsp3) is 0.889. The Balaban J connectivity index is 3.94. The minimum absolute atomic E-state index is 0.222. The number of carbonyl (C=O) groups is 1. The Morgan fingerprint density at radius 3 is 1.60 bits per heavy atom. The van der Waals surface area contributed by atoms with Gasteiger partial charge in [-0.25, -0.2) is 0 Å². The Morgan fingerprint density at radius 2 is 1.50 bits per heavy atom. The highest BCUT2D eigenvalue weighted by Gasteiger charge is 2.18. The van der Waals surface area contributed by atoms with Gasteiger partial charge in [-0.2, -0.15) is 0 Å². The van der Waals surface area contributed by atoms with Crippen molar-refractivity contribution in [3.63, 3.8) is 0 Å². The van der Waals surface area contributed by atoms with Gasteiger partial charge in [-0.3, -0.25) is 4.79 Å². The maximum atomic E-state index is 10.9. The van der Waals surface area contributed by atoms with Crippen LogP contribution in [0.3, 0.4) is 0 Å². The van der Waals surface area contributed by atoms with E-state index in [1.165, 1.54) is 0 Å². The van der Waals surface area contributed by atoms with E-state index in [-0.39, 0.29) is 5.92 Å². The largest absolute Gasteiger partial charge is 0.300 e. The monoisotopic (exact) mass is 142 g/mol. The molecule has 0 saturated heterocycles. The van der Waals surface area contributed by atoms with Crippen LogP contribution in [0.15, 0.2) is 0 Å². The number of hydrogen-bond acceptors (Lipinski definition) is 1. The molecular formula is C9H18O. The molecule has 0 saturated carbocycles. The smallest absolute Gasteiger partial charge is 0.132 e. The van der Waals surface area contributed by atoms with Gasteiger partial charge in [-0.05, 0) is 18.8 Å². The molecule has 0 radical (unpaired) electrons. The zero-order chi connectivity index (χ0) is 8.31. The third-order valence-electron chi connectivity index (χ3n) is 2.48. The van der Waals surface area contributed by atoms with E-state index in [0.717, 1.165) is 0 Å². The third-order valence-corrected chi connectivity index (χ3v) is 2.48. The Morgan fingerprint density at radius 1 is 1.10 bits per heavy atom. The molecule has 0 spiro atoms. The highest BCUT2D eigenvalue weighted by atomic mass is 16.1. The molecule has 10 heavy (non-hydrogen) atoms. The number of Topliss-reactive ketones (excluding diaryl/α,β-unsaturated/α-hetero) is 1. The quantitative estimate of drug-likeness (QED) is 0.591. The maximum absolute atomic E-state index is 10.9. The second-order valence-corrected chi connectivity index (χ2v) is 3.50. The van der Waals surface area contributed by atoms with Crippen LogP contribution in [0.5, 0.6) is 0 Å². The van der Waals surface area contributed by atoms with Crippen LogP contribution in [0, 0.1) is 17.8 Å². The topological polar surface area (TPSA) is 17.1 Å². The van der Waals surface area contributed by atoms with Crippen LogP contribution < -0.4 is 0 Å². The molecule has 60 valence electrons. The average Bonchev–Trinajstić information content (AvgIpc) is 1.84. The fourth-order valence-corrected chi connectivity index (χ4v) is 0.948. The van der Waals surface area contributed by atoms with E-state index in [1.807, 2.05) is 6.92 Å². The molecule has 0 amide bonds. The van der Waals surface area contributed by atoms with Gasteiger partial charge in [0.05, 0.1) is 0 Å². The molecule has 0 aliphatic heterocycles. The predicted molar refractivity (Wildman–Crippen MR) is 43.8 cm³/mol. The zero-order valence-electron chi connectivity index (χ0n) is 7.64. The van der Waals surface area contributed by atoms with Crippen LogP contribution in [-0.4, -0.2) is 5.78 Å².